The average Bonchev–Trinajstić information content (AvgIpc) is 2.88. The summed E-state index contributed by atoms with van der Waals surface area (Å²) in [5.41, 5.74) is 5.54. The van der Waals surface area contributed by atoms with Crippen molar-refractivity contribution < 1.29 is 9.13 Å². The van der Waals surface area contributed by atoms with Crippen molar-refractivity contribution in [2.24, 2.45) is 5.73 Å². The largest absolute Gasteiger partial charge is 0.485 e. The second kappa shape index (κ2) is 6.52. The van der Waals surface area contributed by atoms with Crippen LogP contribution in [0.1, 0.15) is 23.8 Å². The van der Waals surface area contributed by atoms with Gasteiger partial charge in [-0.2, -0.15) is 0 Å². The highest BCUT2D eigenvalue weighted by Gasteiger charge is 2.14. The molecular weight excluding hydrogens is 249 g/mol. The molecule has 96 valence electrons. The van der Waals surface area contributed by atoms with Gasteiger partial charge in [-0.25, -0.2) is 4.39 Å². The summed E-state index contributed by atoms with van der Waals surface area (Å²) in [5, 5.41) is 2.01. The summed E-state index contributed by atoms with van der Waals surface area (Å²) in [6, 6.07) is 10.3. The summed E-state index contributed by atoms with van der Waals surface area (Å²) in [4.78, 5) is 1.15. The van der Waals surface area contributed by atoms with Gasteiger partial charge in [-0.1, -0.05) is 12.1 Å². The standard InChI is InChI=1S/C14H16FNOS/c15-11-4-1-5-12(10-11)17-13(6-2-8-16)14-7-3-9-18-14/h1,3-5,7,9-10,13H,2,6,8,16H2. The lowest BCUT2D eigenvalue weighted by Gasteiger charge is -2.17. The van der Waals surface area contributed by atoms with Crippen molar-refractivity contribution in [1.29, 1.82) is 0 Å². The molecule has 0 amide bonds. The molecule has 0 saturated carbocycles. The van der Waals surface area contributed by atoms with Gasteiger partial charge in [0.25, 0.3) is 0 Å². The molecule has 0 saturated heterocycles. The second-order valence-corrected chi connectivity index (χ2v) is 4.99. The van der Waals surface area contributed by atoms with E-state index in [0.717, 1.165) is 17.7 Å². The first-order chi connectivity index (χ1) is 8.79. The fourth-order valence-corrected chi connectivity index (χ4v) is 2.53. The molecule has 2 N–H and O–H groups in total. The van der Waals surface area contributed by atoms with Crippen molar-refractivity contribution >= 4 is 11.3 Å². The van der Waals surface area contributed by atoms with E-state index in [9.17, 15) is 4.39 Å². The lowest BCUT2D eigenvalue weighted by atomic mass is 10.1. The number of ether oxygens (including phenoxy) is 1. The number of thiophene rings is 1. The summed E-state index contributed by atoms with van der Waals surface area (Å²) in [6.07, 6.45) is 1.68. The van der Waals surface area contributed by atoms with Crippen LogP contribution in [-0.4, -0.2) is 6.54 Å². The molecule has 2 aromatic rings. The first-order valence-electron chi connectivity index (χ1n) is 5.95. The van der Waals surface area contributed by atoms with Gasteiger partial charge in [-0.3, -0.25) is 0 Å². The summed E-state index contributed by atoms with van der Waals surface area (Å²) in [5.74, 6) is 0.279. The molecule has 0 aliphatic rings. The van der Waals surface area contributed by atoms with Crippen LogP contribution in [0.4, 0.5) is 4.39 Å². The van der Waals surface area contributed by atoms with Crippen molar-refractivity contribution in [3.05, 3.63) is 52.5 Å². The molecule has 1 atom stereocenters. The molecule has 4 heteroatoms. The molecule has 2 nitrogen and oxygen atoms in total. The monoisotopic (exact) mass is 265 g/mol. The van der Waals surface area contributed by atoms with Crippen LogP contribution in [0.5, 0.6) is 5.75 Å². The minimum atomic E-state index is -0.281. The van der Waals surface area contributed by atoms with Gasteiger partial charge >= 0.3 is 0 Å². The van der Waals surface area contributed by atoms with E-state index in [-0.39, 0.29) is 11.9 Å². The molecule has 2 rings (SSSR count). The normalized spacial score (nSPS) is 12.3. The van der Waals surface area contributed by atoms with Crippen LogP contribution in [0.3, 0.4) is 0 Å². The van der Waals surface area contributed by atoms with Gasteiger partial charge in [0.05, 0.1) is 0 Å². The van der Waals surface area contributed by atoms with Gasteiger partial charge < -0.3 is 10.5 Å². The van der Waals surface area contributed by atoms with Crippen molar-refractivity contribution in [3.63, 3.8) is 0 Å². The summed E-state index contributed by atoms with van der Waals surface area (Å²) in [7, 11) is 0. The van der Waals surface area contributed by atoms with Crippen LogP contribution < -0.4 is 10.5 Å². The maximum Gasteiger partial charge on any atom is 0.133 e. The Labute approximate surface area is 110 Å². The highest BCUT2D eigenvalue weighted by molar-refractivity contribution is 7.10. The fourth-order valence-electron chi connectivity index (χ4n) is 1.74. The molecule has 1 aromatic heterocycles. The Morgan fingerprint density at radius 3 is 2.83 bits per heavy atom. The van der Waals surface area contributed by atoms with Crippen molar-refractivity contribution in [2.75, 3.05) is 6.54 Å². The molecule has 0 spiro atoms. The smallest absolute Gasteiger partial charge is 0.133 e. The molecule has 0 aliphatic heterocycles. The summed E-state index contributed by atoms with van der Waals surface area (Å²) in [6.45, 7) is 0.633. The van der Waals surface area contributed by atoms with Gasteiger partial charge in [-0.15, -0.1) is 11.3 Å². The minimum Gasteiger partial charge on any atom is -0.485 e. The van der Waals surface area contributed by atoms with Crippen LogP contribution >= 0.6 is 11.3 Å². The molecular formula is C14H16FNOS. The third kappa shape index (κ3) is 3.55. The Hall–Kier alpha value is -1.39. The topological polar surface area (TPSA) is 35.2 Å². The third-order valence-electron chi connectivity index (χ3n) is 2.61. The van der Waals surface area contributed by atoms with E-state index in [2.05, 4.69) is 0 Å². The number of nitrogens with two attached hydrogens (primary N) is 1. The Balaban J connectivity index is 2.10. The first kappa shape index (κ1) is 13.1. The number of halogens is 1. The Morgan fingerprint density at radius 2 is 2.17 bits per heavy atom. The lowest BCUT2D eigenvalue weighted by molar-refractivity contribution is 0.195. The van der Waals surface area contributed by atoms with Gasteiger partial charge in [0.1, 0.15) is 17.7 Å². The summed E-state index contributed by atoms with van der Waals surface area (Å²) >= 11 is 1.65. The van der Waals surface area contributed by atoms with Crippen LogP contribution in [0.25, 0.3) is 0 Å². The quantitative estimate of drug-likeness (QED) is 0.863. The van der Waals surface area contributed by atoms with Crippen LogP contribution in [0, 0.1) is 5.82 Å². The number of benzene rings is 1. The second-order valence-electron chi connectivity index (χ2n) is 4.01. The predicted octanol–water partition coefficient (Wildman–Crippen LogP) is 3.75. The van der Waals surface area contributed by atoms with E-state index in [1.807, 2.05) is 17.5 Å². The maximum atomic E-state index is 13.1. The number of hydrogen-bond acceptors (Lipinski definition) is 3. The highest BCUT2D eigenvalue weighted by atomic mass is 32.1. The van der Waals surface area contributed by atoms with Gasteiger partial charge in [0.15, 0.2) is 0 Å². The van der Waals surface area contributed by atoms with E-state index in [1.165, 1.54) is 12.1 Å². The zero-order valence-corrected chi connectivity index (χ0v) is 10.8. The van der Waals surface area contributed by atoms with Crippen molar-refractivity contribution in [2.45, 2.75) is 18.9 Å². The fraction of sp³-hybridized carbons (Fsp3) is 0.286. The average molecular weight is 265 g/mol. The summed E-state index contributed by atoms with van der Waals surface area (Å²) < 4.78 is 19.0. The van der Waals surface area contributed by atoms with Crippen LogP contribution in [-0.2, 0) is 0 Å². The van der Waals surface area contributed by atoms with E-state index < -0.39 is 0 Å². The maximum absolute atomic E-state index is 13.1. The molecule has 0 aliphatic carbocycles. The van der Waals surface area contributed by atoms with E-state index >= 15 is 0 Å². The predicted molar refractivity (Wildman–Crippen MR) is 72.4 cm³/mol. The van der Waals surface area contributed by atoms with Gasteiger partial charge in [0.2, 0.25) is 0 Å². The Kier molecular flexibility index (Phi) is 4.73. The van der Waals surface area contributed by atoms with Gasteiger partial charge in [-0.05, 0) is 43.0 Å². The SMILES string of the molecule is NCCCC(Oc1cccc(F)c1)c1cccs1. The molecule has 1 unspecified atom stereocenters. The van der Waals surface area contributed by atoms with E-state index in [0.29, 0.717) is 12.3 Å². The molecule has 1 heterocycles. The van der Waals surface area contributed by atoms with Crippen molar-refractivity contribution in [1.82, 2.24) is 0 Å². The van der Waals surface area contributed by atoms with Crippen molar-refractivity contribution in [3.8, 4) is 5.75 Å². The zero-order valence-electron chi connectivity index (χ0n) is 10.0. The molecule has 0 radical (unpaired) electrons. The molecule has 0 bridgehead atoms. The number of hydrogen-bond donors (Lipinski definition) is 1. The van der Waals surface area contributed by atoms with Crippen LogP contribution in [0.2, 0.25) is 0 Å². The highest BCUT2D eigenvalue weighted by Crippen LogP contribution is 2.29. The molecule has 18 heavy (non-hydrogen) atoms. The Morgan fingerprint density at radius 1 is 1.28 bits per heavy atom. The number of rotatable bonds is 6. The third-order valence-corrected chi connectivity index (χ3v) is 3.57. The lowest BCUT2D eigenvalue weighted by Crippen LogP contribution is -2.09. The van der Waals surface area contributed by atoms with E-state index in [1.54, 1.807) is 23.5 Å². The first-order valence-corrected chi connectivity index (χ1v) is 6.83. The minimum absolute atomic E-state index is 0.0460. The zero-order chi connectivity index (χ0) is 12.8. The Bertz CT molecular complexity index is 472. The van der Waals surface area contributed by atoms with Gasteiger partial charge in [0, 0.05) is 10.9 Å². The van der Waals surface area contributed by atoms with E-state index in [4.69, 9.17) is 10.5 Å². The van der Waals surface area contributed by atoms with Crippen LogP contribution in [0.15, 0.2) is 41.8 Å². The molecule has 0 fully saturated rings. The molecule has 1 aromatic carbocycles.